The molecule has 1 unspecified atom stereocenters. The molecule has 1 atom stereocenters. The van der Waals surface area contributed by atoms with E-state index >= 15 is 0 Å². The Labute approximate surface area is 90.2 Å². The average molecular weight is 216 g/mol. The first-order chi connectivity index (χ1) is 7.06. The summed E-state index contributed by atoms with van der Waals surface area (Å²) < 4.78 is 5.47. The van der Waals surface area contributed by atoms with Crippen molar-refractivity contribution in [2.24, 2.45) is 0 Å². The third kappa shape index (κ3) is 4.15. The van der Waals surface area contributed by atoms with Gasteiger partial charge in [0, 0.05) is 25.7 Å². The molecule has 1 amide bonds. The van der Waals surface area contributed by atoms with Gasteiger partial charge in [0.15, 0.2) is 0 Å². The van der Waals surface area contributed by atoms with E-state index in [4.69, 9.17) is 9.84 Å². The minimum atomic E-state index is -0.183. The van der Waals surface area contributed by atoms with Gasteiger partial charge < -0.3 is 20.5 Å². The van der Waals surface area contributed by atoms with Crippen LogP contribution in [0.5, 0.6) is 0 Å². The summed E-state index contributed by atoms with van der Waals surface area (Å²) in [5.74, 6) is -0.121. The molecule has 3 N–H and O–H groups in total. The van der Waals surface area contributed by atoms with Crippen molar-refractivity contribution < 1.29 is 14.6 Å². The molecule has 1 aliphatic heterocycles. The van der Waals surface area contributed by atoms with Crippen LogP contribution >= 0.6 is 0 Å². The topological polar surface area (TPSA) is 70.6 Å². The highest BCUT2D eigenvalue weighted by Crippen LogP contribution is 2.14. The number of carbonyl (C=O) groups is 1. The Morgan fingerprint density at radius 1 is 1.67 bits per heavy atom. The van der Waals surface area contributed by atoms with Crippen LogP contribution in [0.25, 0.3) is 0 Å². The van der Waals surface area contributed by atoms with Gasteiger partial charge in [-0.1, -0.05) is 0 Å². The van der Waals surface area contributed by atoms with Gasteiger partial charge in [0.05, 0.1) is 5.60 Å². The summed E-state index contributed by atoms with van der Waals surface area (Å²) in [7, 11) is 0. The number of ether oxygens (including phenoxy) is 1. The molecule has 5 heteroatoms. The number of nitrogens with one attached hydrogen (secondary N) is 2. The molecule has 5 nitrogen and oxygen atoms in total. The summed E-state index contributed by atoms with van der Waals surface area (Å²) in [5.41, 5.74) is -0.183. The monoisotopic (exact) mass is 216 g/mol. The lowest BCUT2D eigenvalue weighted by Crippen LogP contribution is -2.59. The Balaban J connectivity index is 2.13. The van der Waals surface area contributed by atoms with E-state index in [1.165, 1.54) is 0 Å². The Hall–Kier alpha value is -0.650. The molecule has 1 saturated heterocycles. The third-order valence-corrected chi connectivity index (χ3v) is 2.52. The minimum absolute atomic E-state index is 0.00146. The third-order valence-electron chi connectivity index (χ3n) is 2.52. The molecular formula is C10H20N2O3. The second-order valence-electron chi connectivity index (χ2n) is 4.32. The van der Waals surface area contributed by atoms with E-state index in [2.05, 4.69) is 10.6 Å². The van der Waals surface area contributed by atoms with E-state index in [1.807, 2.05) is 13.8 Å². The van der Waals surface area contributed by atoms with E-state index in [-0.39, 0.29) is 30.8 Å². The zero-order valence-electron chi connectivity index (χ0n) is 9.38. The van der Waals surface area contributed by atoms with Crippen LogP contribution in [0.1, 0.15) is 20.3 Å². The SMILES string of the molecule is CC(CCO)NC(=O)COC1(C)CNC1. The highest BCUT2D eigenvalue weighted by atomic mass is 16.5. The van der Waals surface area contributed by atoms with Gasteiger partial charge in [0.25, 0.3) is 0 Å². The van der Waals surface area contributed by atoms with E-state index in [0.29, 0.717) is 6.42 Å². The highest BCUT2D eigenvalue weighted by molar-refractivity contribution is 5.77. The standard InChI is InChI=1S/C10H20N2O3/c1-8(3-4-13)12-9(14)5-15-10(2)6-11-7-10/h8,11,13H,3-7H2,1-2H3,(H,12,14). The van der Waals surface area contributed by atoms with Crippen LogP contribution in [0.15, 0.2) is 0 Å². The summed E-state index contributed by atoms with van der Waals surface area (Å²) in [4.78, 5) is 11.4. The van der Waals surface area contributed by atoms with E-state index in [1.54, 1.807) is 0 Å². The van der Waals surface area contributed by atoms with Gasteiger partial charge in [-0.15, -0.1) is 0 Å². The van der Waals surface area contributed by atoms with Crippen molar-refractivity contribution in [1.82, 2.24) is 10.6 Å². The lowest BCUT2D eigenvalue weighted by atomic mass is 10.0. The summed E-state index contributed by atoms with van der Waals surface area (Å²) in [6, 6.07) is -0.00146. The largest absolute Gasteiger partial charge is 0.396 e. The van der Waals surface area contributed by atoms with Crippen molar-refractivity contribution in [3.63, 3.8) is 0 Å². The Bertz CT molecular complexity index is 217. The predicted octanol–water partition coefficient (Wildman–Crippen LogP) is -0.748. The van der Waals surface area contributed by atoms with Gasteiger partial charge in [-0.2, -0.15) is 0 Å². The molecule has 1 heterocycles. The first-order valence-corrected chi connectivity index (χ1v) is 5.31. The molecule has 1 rings (SSSR count). The molecule has 0 saturated carbocycles. The Morgan fingerprint density at radius 2 is 2.33 bits per heavy atom. The van der Waals surface area contributed by atoms with Crippen LogP contribution in [0.4, 0.5) is 0 Å². The first kappa shape index (κ1) is 12.4. The lowest BCUT2D eigenvalue weighted by Gasteiger charge is -2.38. The quantitative estimate of drug-likeness (QED) is 0.546. The molecule has 0 aromatic heterocycles. The predicted molar refractivity (Wildman–Crippen MR) is 56.5 cm³/mol. The fourth-order valence-electron chi connectivity index (χ4n) is 1.40. The first-order valence-electron chi connectivity index (χ1n) is 5.31. The van der Waals surface area contributed by atoms with Gasteiger partial charge >= 0.3 is 0 Å². The molecule has 0 aromatic rings. The van der Waals surface area contributed by atoms with Crippen molar-refractivity contribution >= 4 is 5.91 Å². The van der Waals surface area contributed by atoms with Crippen LogP contribution in [0.2, 0.25) is 0 Å². The summed E-state index contributed by atoms with van der Waals surface area (Å²) in [6.45, 7) is 5.62. The number of aliphatic hydroxyl groups is 1. The van der Waals surface area contributed by atoms with Crippen molar-refractivity contribution in [2.75, 3.05) is 26.3 Å². The second kappa shape index (κ2) is 5.44. The second-order valence-corrected chi connectivity index (χ2v) is 4.32. The number of carbonyl (C=O) groups excluding carboxylic acids is 1. The maximum Gasteiger partial charge on any atom is 0.246 e. The lowest BCUT2D eigenvalue weighted by molar-refractivity contribution is -0.136. The molecule has 1 fully saturated rings. The number of aliphatic hydroxyl groups excluding tert-OH is 1. The molecule has 1 aliphatic rings. The smallest absolute Gasteiger partial charge is 0.246 e. The van der Waals surface area contributed by atoms with Crippen molar-refractivity contribution in [1.29, 1.82) is 0 Å². The number of rotatable bonds is 6. The van der Waals surface area contributed by atoms with E-state index in [9.17, 15) is 4.79 Å². The molecule has 0 aromatic carbocycles. The summed E-state index contributed by atoms with van der Waals surface area (Å²) in [6.07, 6.45) is 0.574. The zero-order chi connectivity index (χ0) is 11.3. The minimum Gasteiger partial charge on any atom is -0.396 e. The zero-order valence-corrected chi connectivity index (χ0v) is 9.38. The maximum absolute atomic E-state index is 11.4. The van der Waals surface area contributed by atoms with Crippen LogP contribution in [-0.2, 0) is 9.53 Å². The number of amides is 1. The van der Waals surface area contributed by atoms with Gasteiger partial charge in [-0.05, 0) is 20.3 Å². The normalized spacial score (nSPS) is 20.5. The van der Waals surface area contributed by atoms with Gasteiger partial charge in [0.1, 0.15) is 6.61 Å². The van der Waals surface area contributed by atoms with Crippen LogP contribution in [0, 0.1) is 0 Å². The molecule has 15 heavy (non-hydrogen) atoms. The fraction of sp³-hybridized carbons (Fsp3) is 0.900. The average Bonchev–Trinajstić information content (AvgIpc) is 2.12. The van der Waals surface area contributed by atoms with Crippen LogP contribution in [0.3, 0.4) is 0 Å². The summed E-state index contributed by atoms with van der Waals surface area (Å²) in [5, 5.41) is 14.5. The molecule has 88 valence electrons. The molecule has 0 aliphatic carbocycles. The summed E-state index contributed by atoms with van der Waals surface area (Å²) >= 11 is 0. The van der Waals surface area contributed by atoms with E-state index < -0.39 is 0 Å². The number of hydrogen-bond donors (Lipinski definition) is 3. The van der Waals surface area contributed by atoms with Gasteiger partial charge in [-0.3, -0.25) is 4.79 Å². The van der Waals surface area contributed by atoms with Crippen molar-refractivity contribution in [2.45, 2.75) is 31.9 Å². The Morgan fingerprint density at radius 3 is 2.80 bits per heavy atom. The van der Waals surface area contributed by atoms with Crippen molar-refractivity contribution in [3.05, 3.63) is 0 Å². The van der Waals surface area contributed by atoms with Gasteiger partial charge in [-0.25, -0.2) is 0 Å². The Kier molecular flexibility index (Phi) is 4.50. The molecule has 0 radical (unpaired) electrons. The molecule has 0 spiro atoms. The van der Waals surface area contributed by atoms with Crippen LogP contribution in [-0.4, -0.2) is 49.0 Å². The number of hydrogen-bond acceptors (Lipinski definition) is 4. The van der Waals surface area contributed by atoms with Crippen LogP contribution < -0.4 is 10.6 Å². The fourth-order valence-corrected chi connectivity index (χ4v) is 1.40. The van der Waals surface area contributed by atoms with Gasteiger partial charge in [0.2, 0.25) is 5.91 Å². The molecule has 0 bridgehead atoms. The molecular weight excluding hydrogens is 196 g/mol. The van der Waals surface area contributed by atoms with Crippen molar-refractivity contribution in [3.8, 4) is 0 Å². The highest BCUT2D eigenvalue weighted by Gasteiger charge is 2.33. The van der Waals surface area contributed by atoms with E-state index in [0.717, 1.165) is 13.1 Å². The maximum atomic E-state index is 11.4.